The van der Waals surface area contributed by atoms with E-state index in [1.165, 1.54) is 19.2 Å². The summed E-state index contributed by atoms with van der Waals surface area (Å²) in [5.74, 6) is -7.04. The molecule has 7 heteroatoms. The third-order valence-corrected chi connectivity index (χ3v) is 2.75. The molecule has 0 saturated heterocycles. The number of benzene rings is 2. The Bertz CT molecular complexity index is 650. The maximum atomic E-state index is 13.4. The minimum absolute atomic E-state index is 0.110. The highest BCUT2D eigenvalue weighted by molar-refractivity contribution is 5.47. The fraction of sp³-hybridized carbons (Fsp3) is 0.143. The Morgan fingerprint density at radius 3 is 2.19 bits per heavy atom. The van der Waals surface area contributed by atoms with Gasteiger partial charge in [0.2, 0.25) is 11.6 Å². The monoisotopic (exact) mass is 301 g/mol. The van der Waals surface area contributed by atoms with Gasteiger partial charge >= 0.3 is 0 Å². The molecule has 21 heavy (non-hydrogen) atoms. The summed E-state index contributed by atoms with van der Waals surface area (Å²) in [6, 6.07) is 4.67. The van der Waals surface area contributed by atoms with Crippen LogP contribution in [0.3, 0.4) is 0 Å². The summed E-state index contributed by atoms with van der Waals surface area (Å²) in [6.07, 6.45) is 0. The Kier molecular flexibility index (Phi) is 4.21. The zero-order valence-electron chi connectivity index (χ0n) is 10.9. The first-order valence-electron chi connectivity index (χ1n) is 5.82. The molecule has 0 aromatic heterocycles. The normalized spacial score (nSPS) is 10.5. The molecule has 2 aromatic rings. The number of nitrogens with two attached hydrogens (primary N) is 1. The lowest BCUT2D eigenvalue weighted by atomic mass is 10.2. The van der Waals surface area contributed by atoms with Crippen molar-refractivity contribution >= 4 is 5.69 Å². The largest absolute Gasteiger partial charge is 0.496 e. The van der Waals surface area contributed by atoms with Crippen LogP contribution in [0.25, 0.3) is 0 Å². The van der Waals surface area contributed by atoms with Crippen LogP contribution in [0.4, 0.5) is 23.2 Å². The first-order valence-corrected chi connectivity index (χ1v) is 5.82. The molecule has 0 spiro atoms. The van der Waals surface area contributed by atoms with Crippen LogP contribution in [-0.4, -0.2) is 7.11 Å². The second kappa shape index (κ2) is 5.90. The number of ether oxygens (including phenoxy) is 2. The molecule has 0 aliphatic carbocycles. The highest BCUT2D eigenvalue weighted by Gasteiger charge is 2.21. The van der Waals surface area contributed by atoms with Crippen LogP contribution in [0.1, 0.15) is 5.56 Å². The van der Waals surface area contributed by atoms with E-state index in [2.05, 4.69) is 0 Å². The Hall–Kier alpha value is -2.44. The average Bonchev–Trinajstić information content (AvgIpc) is 2.45. The highest BCUT2D eigenvalue weighted by Crippen LogP contribution is 2.29. The van der Waals surface area contributed by atoms with Gasteiger partial charge in [0.15, 0.2) is 17.4 Å². The summed E-state index contributed by atoms with van der Waals surface area (Å²) in [6.45, 7) is -0.370. The van der Waals surface area contributed by atoms with Crippen molar-refractivity contribution in [2.24, 2.45) is 0 Å². The van der Waals surface area contributed by atoms with E-state index in [1.54, 1.807) is 6.07 Å². The summed E-state index contributed by atoms with van der Waals surface area (Å²) >= 11 is 0. The third kappa shape index (κ3) is 3.01. The van der Waals surface area contributed by atoms with E-state index in [4.69, 9.17) is 15.2 Å². The van der Waals surface area contributed by atoms with Crippen LogP contribution < -0.4 is 15.2 Å². The van der Waals surface area contributed by atoms with Gasteiger partial charge in [0.05, 0.1) is 7.11 Å². The fourth-order valence-corrected chi connectivity index (χ4v) is 1.74. The lowest BCUT2D eigenvalue weighted by Gasteiger charge is -2.12. The molecule has 0 fully saturated rings. The quantitative estimate of drug-likeness (QED) is 0.535. The molecule has 112 valence electrons. The maximum absolute atomic E-state index is 13.4. The van der Waals surface area contributed by atoms with E-state index >= 15 is 0 Å². The Labute approximate surface area is 117 Å². The molecule has 3 nitrogen and oxygen atoms in total. The van der Waals surface area contributed by atoms with Gasteiger partial charge in [-0.15, -0.1) is 0 Å². The lowest BCUT2D eigenvalue weighted by molar-refractivity contribution is 0.257. The molecule has 2 N–H and O–H groups in total. The van der Waals surface area contributed by atoms with E-state index in [0.717, 1.165) is 0 Å². The molecule has 0 radical (unpaired) electrons. The summed E-state index contributed by atoms with van der Waals surface area (Å²) < 4.78 is 62.9. The molecule has 0 aliphatic heterocycles. The van der Waals surface area contributed by atoms with E-state index in [9.17, 15) is 17.6 Å². The van der Waals surface area contributed by atoms with Crippen LogP contribution >= 0.6 is 0 Å². The summed E-state index contributed by atoms with van der Waals surface area (Å²) in [5, 5.41) is 0. The zero-order chi connectivity index (χ0) is 15.6. The molecular weight excluding hydrogens is 290 g/mol. The molecule has 0 heterocycles. The molecule has 2 aromatic carbocycles. The lowest BCUT2D eigenvalue weighted by Crippen LogP contribution is -2.05. The third-order valence-electron chi connectivity index (χ3n) is 2.75. The van der Waals surface area contributed by atoms with E-state index in [-0.39, 0.29) is 12.7 Å². The van der Waals surface area contributed by atoms with Crippen molar-refractivity contribution in [1.82, 2.24) is 0 Å². The molecule has 0 aliphatic rings. The zero-order valence-corrected chi connectivity index (χ0v) is 10.9. The number of anilines is 1. The van der Waals surface area contributed by atoms with E-state index in [0.29, 0.717) is 17.0 Å². The SMILES string of the molecule is COc1ccc(N)cc1COc1c(F)c(F)cc(F)c1F. The van der Waals surface area contributed by atoms with E-state index < -0.39 is 29.0 Å². The number of hydrogen-bond donors (Lipinski definition) is 1. The van der Waals surface area contributed by atoms with Gasteiger partial charge in [-0.3, -0.25) is 0 Å². The van der Waals surface area contributed by atoms with Crippen molar-refractivity contribution in [2.45, 2.75) is 6.61 Å². The van der Waals surface area contributed by atoms with Crippen LogP contribution in [0, 0.1) is 23.3 Å². The number of hydrogen-bond acceptors (Lipinski definition) is 3. The molecule has 0 bridgehead atoms. The maximum Gasteiger partial charge on any atom is 0.203 e. The molecule has 0 saturated carbocycles. The van der Waals surface area contributed by atoms with Crippen LogP contribution in [0.5, 0.6) is 11.5 Å². The van der Waals surface area contributed by atoms with Crippen molar-refractivity contribution in [2.75, 3.05) is 12.8 Å². The van der Waals surface area contributed by atoms with Crippen LogP contribution in [0.15, 0.2) is 24.3 Å². The molecule has 0 unspecified atom stereocenters. The minimum atomic E-state index is -1.60. The fourth-order valence-electron chi connectivity index (χ4n) is 1.74. The van der Waals surface area contributed by atoms with Gasteiger partial charge in [-0.25, -0.2) is 8.78 Å². The van der Waals surface area contributed by atoms with Gasteiger partial charge in [0.25, 0.3) is 0 Å². The van der Waals surface area contributed by atoms with Crippen LogP contribution in [0.2, 0.25) is 0 Å². The van der Waals surface area contributed by atoms with Gasteiger partial charge in [-0.2, -0.15) is 8.78 Å². The van der Waals surface area contributed by atoms with Crippen molar-refractivity contribution in [3.05, 3.63) is 53.1 Å². The number of halogens is 4. The van der Waals surface area contributed by atoms with Gasteiger partial charge in [0.1, 0.15) is 12.4 Å². The van der Waals surface area contributed by atoms with E-state index in [1.807, 2.05) is 0 Å². The van der Waals surface area contributed by atoms with Crippen molar-refractivity contribution in [3.63, 3.8) is 0 Å². The second-order valence-electron chi connectivity index (χ2n) is 4.16. The summed E-state index contributed by atoms with van der Waals surface area (Å²) in [5.41, 5.74) is 6.33. The predicted molar refractivity (Wildman–Crippen MR) is 68.0 cm³/mol. The molecule has 2 rings (SSSR count). The van der Waals surface area contributed by atoms with Gasteiger partial charge in [-0.05, 0) is 18.2 Å². The number of rotatable bonds is 4. The highest BCUT2D eigenvalue weighted by atomic mass is 19.2. The number of methoxy groups -OCH3 is 1. The number of nitrogen functional groups attached to an aromatic ring is 1. The average molecular weight is 301 g/mol. The molecular formula is C14H11F4NO2. The topological polar surface area (TPSA) is 44.5 Å². The van der Waals surface area contributed by atoms with Crippen molar-refractivity contribution in [3.8, 4) is 11.5 Å². The van der Waals surface area contributed by atoms with Gasteiger partial charge < -0.3 is 15.2 Å². The van der Waals surface area contributed by atoms with Crippen LogP contribution in [-0.2, 0) is 6.61 Å². The Balaban J connectivity index is 2.31. The van der Waals surface area contributed by atoms with Crippen molar-refractivity contribution < 1.29 is 27.0 Å². The van der Waals surface area contributed by atoms with Crippen molar-refractivity contribution in [1.29, 1.82) is 0 Å². The Morgan fingerprint density at radius 1 is 1.00 bits per heavy atom. The molecule has 0 amide bonds. The van der Waals surface area contributed by atoms with Gasteiger partial charge in [-0.1, -0.05) is 0 Å². The first kappa shape index (κ1) is 15.0. The summed E-state index contributed by atoms with van der Waals surface area (Å²) in [4.78, 5) is 0. The minimum Gasteiger partial charge on any atom is -0.496 e. The predicted octanol–water partition coefficient (Wildman–Crippen LogP) is 3.41. The Morgan fingerprint density at radius 2 is 1.62 bits per heavy atom. The smallest absolute Gasteiger partial charge is 0.203 e. The molecule has 0 atom stereocenters. The standard InChI is InChI=1S/C14H11F4NO2/c1-20-11-3-2-8(19)4-7(11)6-21-14-12(17)9(15)5-10(16)13(14)18/h2-5H,6,19H2,1H3. The first-order chi connectivity index (χ1) is 9.93. The second-order valence-corrected chi connectivity index (χ2v) is 4.16. The van der Waals surface area contributed by atoms with Gasteiger partial charge in [0, 0.05) is 17.3 Å². The summed E-state index contributed by atoms with van der Waals surface area (Å²) in [7, 11) is 1.39.